The highest BCUT2D eigenvalue weighted by Crippen LogP contribution is 2.23. The first-order chi connectivity index (χ1) is 6.25. The molecule has 4 nitrogen and oxygen atoms in total. The Morgan fingerprint density at radius 3 is 3.08 bits per heavy atom. The molecule has 0 atom stereocenters. The van der Waals surface area contributed by atoms with E-state index in [4.69, 9.17) is 0 Å². The number of nitrogens with zero attached hydrogens (tertiary/aromatic N) is 1. The van der Waals surface area contributed by atoms with E-state index in [9.17, 15) is 10.1 Å². The van der Waals surface area contributed by atoms with Crippen LogP contribution in [0.2, 0.25) is 0 Å². The van der Waals surface area contributed by atoms with Crippen LogP contribution in [0.25, 0.3) is 0 Å². The van der Waals surface area contributed by atoms with Gasteiger partial charge in [0.25, 0.3) is 5.70 Å². The first kappa shape index (κ1) is 10.1. The van der Waals surface area contributed by atoms with Gasteiger partial charge in [-0.05, 0) is 6.42 Å². The molecular formula is C8H12N2O2S. The number of hydrogen-bond donors (Lipinski definition) is 1. The maximum atomic E-state index is 10.6. The van der Waals surface area contributed by atoms with Gasteiger partial charge in [-0.15, -0.1) is 18.3 Å². The monoisotopic (exact) mass is 200 g/mol. The van der Waals surface area contributed by atoms with Crippen LogP contribution in [0.1, 0.15) is 12.8 Å². The lowest BCUT2D eigenvalue weighted by Gasteiger charge is -2.15. The van der Waals surface area contributed by atoms with Crippen molar-refractivity contribution < 1.29 is 4.92 Å². The minimum Gasteiger partial charge on any atom is -0.375 e. The summed E-state index contributed by atoms with van der Waals surface area (Å²) in [6.45, 7) is 4.33. The van der Waals surface area contributed by atoms with Crippen molar-refractivity contribution in [1.29, 1.82) is 0 Å². The lowest BCUT2D eigenvalue weighted by molar-refractivity contribution is -0.427. The van der Waals surface area contributed by atoms with E-state index in [0.717, 1.165) is 18.7 Å². The van der Waals surface area contributed by atoms with E-state index in [-0.39, 0.29) is 10.6 Å². The van der Waals surface area contributed by atoms with Gasteiger partial charge in [0.2, 0.25) is 0 Å². The molecule has 0 spiro atoms. The van der Waals surface area contributed by atoms with Crippen molar-refractivity contribution in [3.63, 3.8) is 0 Å². The molecule has 0 aromatic heterocycles. The number of nitro groups is 1. The fourth-order valence-electron chi connectivity index (χ4n) is 1.07. The highest BCUT2D eigenvalue weighted by molar-refractivity contribution is 8.03. The van der Waals surface area contributed by atoms with Crippen molar-refractivity contribution in [2.75, 3.05) is 12.3 Å². The Hall–Kier alpha value is -0.970. The largest absolute Gasteiger partial charge is 0.375 e. The van der Waals surface area contributed by atoms with Crippen LogP contribution in [0.15, 0.2) is 23.4 Å². The molecule has 0 aromatic rings. The van der Waals surface area contributed by atoms with Gasteiger partial charge in [0.05, 0.1) is 11.3 Å². The predicted octanol–water partition coefficient (Wildman–Crippen LogP) is 1.73. The quantitative estimate of drug-likeness (QED) is 0.428. The summed E-state index contributed by atoms with van der Waals surface area (Å²) in [7, 11) is 0. The van der Waals surface area contributed by atoms with Crippen LogP contribution in [0.4, 0.5) is 0 Å². The summed E-state index contributed by atoms with van der Waals surface area (Å²) in [5.74, 6) is 0.955. The molecule has 1 fully saturated rings. The highest BCUT2D eigenvalue weighted by Gasteiger charge is 2.19. The maximum Gasteiger partial charge on any atom is 0.279 e. The molecule has 72 valence electrons. The molecule has 0 unspecified atom stereocenters. The van der Waals surface area contributed by atoms with Crippen LogP contribution in [0.5, 0.6) is 0 Å². The van der Waals surface area contributed by atoms with Gasteiger partial charge in [0, 0.05) is 12.3 Å². The van der Waals surface area contributed by atoms with Crippen LogP contribution in [0, 0.1) is 10.1 Å². The third kappa shape index (κ3) is 2.77. The first-order valence-electron chi connectivity index (χ1n) is 4.11. The van der Waals surface area contributed by atoms with E-state index in [2.05, 4.69) is 11.9 Å². The van der Waals surface area contributed by atoms with Gasteiger partial charge in [0.15, 0.2) is 0 Å². The Bertz CT molecular complexity index is 243. The molecule has 0 amide bonds. The second-order valence-corrected chi connectivity index (χ2v) is 3.76. The van der Waals surface area contributed by atoms with Crippen LogP contribution in [-0.4, -0.2) is 17.2 Å². The van der Waals surface area contributed by atoms with Gasteiger partial charge in [-0.1, -0.05) is 6.08 Å². The highest BCUT2D eigenvalue weighted by atomic mass is 32.2. The van der Waals surface area contributed by atoms with Crippen molar-refractivity contribution in [2.45, 2.75) is 12.8 Å². The van der Waals surface area contributed by atoms with Crippen LogP contribution >= 0.6 is 11.8 Å². The minimum absolute atomic E-state index is 0.236. The van der Waals surface area contributed by atoms with Gasteiger partial charge in [-0.25, -0.2) is 0 Å². The SMILES string of the molecule is C=CCC(=C1NCCCS1)[N+](=O)[O-]. The average Bonchev–Trinajstić information content (AvgIpc) is 2.15. The molecule has 0 bridgehead atoms. The van der Waals surface area contributed by atoms with Crippen LogP contribution in [0.3, 0.4) is 0 Å². The lowest BCUT2D eigenvalue weighted by Crippen LogP contribution is -2.22. The predicted molar refractivity (Wildman–Crippen MR) is 53.9 cm³/mol. The molecule has 1 heterocycles. The van der Waals surface area contributed by atoms with E-state index in [0.29, 0.717) is 11.4 Å². The molecule has 5 heteroatoms. The summed E-state index contributed by atoms with van der Waals surface area (Å²) in [4.78, 5) is 10.3. The van der Waals surface area contributed by atoms with Gasteiger partial charge in [0.1, 0.15) is 5.03 Å². The third-order valence-electron chi connectivity index (χ3n) is 1.67. The number of hydrogen-bond acceptors (Lipinski definition) is 4. The molecule has 13 heavy (non-hydrogen) atoms. The normalized spacial score (nSPS) is 20.3. The molecular weight excluding hydrogens is 188 g/mol. The van der Waals surface area contributed by atoms with Gasteiger partial charge in [-0.3, -0.25) is 10.1 Å². The van der Waals surface area contributed by atoms with Gasteiger partial charge < -0.3 is 5.32 Å². The third-order valence-corrected chi connectivity index (χ3v) is 2.83. The Labute approximate surface area is 81.2 Å². The number of rotatable bonds is 3. The molecule has 1 aliphatic rings. The Morgan fingerprint density at radius 2 is 2.62 bits per heavy atom. The fraction of sp³-hybridized carbons (Fsp3) is 0.500. The standard InChI is InChI=1S/C8H12N2O2S/c1-2-4-7(10(11)12)8-9-5-3-6-13-8/h2,9H,1,3-6H2. The summed E-state index contributed by atoms with van der Waals surface area (Å²) >= 11 is 1.52. The van der Waals surface area contributed by atoms with E-state index in [1.165, 1.54) is 11.8 Å². The van der Waals surface area contributed by atoms with E-state index in [1.807, 2.05) is 0 Å². The minimum atomic E-state index is -0.331. The first-order valence-corrected chi connectivity index (χ1v) is 5.09. The molecule has 0 saturated carbocycles. The van der Waals surface area contributed by atoms with Crippen molar-refractivity contribution in [2.24, 2.45) is 0 Å². The van der Waals surface area contributed by atoms with E-state index in [1.54, 1.807) is 6.08 Å². The van der Waals surface area contributed by atoms with Crippen molar-refractivity contribution in [3.05, 3.63) is 33.5 Å². The summed E-state index contributed by atoms with van der Waals surface area (Å²) in [6, 6.07) is 0. The van der Waals surface area contributed by atoms with Gasteiger partial charge >= 0.3 is 0 Å². The number of thioether (sulfide) groups is 1. The zero-order chi connectivity index (χ0) is 9.68. The summed E-state index contributed by atoms with van der Waals surface area (Å²) in [6.07, 6.45) is 2.94. The molecule has 1 saturated heterocycles. The average molecular weight is 200 g/mol. The topological polar surface area (TPSA) is 55.2 Å². The molecule has 1 rings (SSSR count). The Morgan fingerprint density at radius 1 is 1.85 bits per heavy atom. The second-order valence-electron chi connectivity index (χ2n) is 2.65. The van der Waals surface area contributed by atoms with Crippen LogP contribution in [-0.2, 0) is 0 Å². The smallest absolute Gasteiger partial charge is 0.279 e. The number of nitrogens with one attached hydrogen (secondary N) is 1. The van der Waals surface area contributed by atoms with Crippen LogP contribution < -0.4 is 5.32 Å². The Balaban J connectivity index is 2.79. The zero-order valence-corrected chi connectivity index (χ0v) is 8.10. The Kier molecular flexibility index (Phi) is 3.82. The summed E-state index contributed by atoms with van der Waals surface area (Å²) in [5.41, 5.74) is 0.236. The zero-order valence-electron chi connectivity index (χ0n) is 7.28. The molecule has 0 radical (unpaired) electrons. The second kappa shape index (κ2) is 4.91. The summed E-state index contributed by atoms with van der Waals surface area (Å²) in [5, 5.41) is 14.4. The maximum absolute atomic E-state index is 10.6. The molecule has 0 aromatic carbocycles. The van der Waals surface area contributed by atoms with E-state index < -0.39 is 0 Å². The lowest BCUT2D eigenvalue weighted by atomic mass is 10.3. The molecule has 0 aliphatic carbocycles. The van der Waals surface area contributed by atoms with Gasteiger partial charge in [-0.2, -0.15) is 0 Å². The van der Waals surface area contributed by atoms with Crippen molar-refractivity contribution in [1.82, 2.24) is 5.32 Å². The molecule has 1 N–H and O–H groups in total. The van der Waals surface area contributed by atoms with E-state index >= 15 is 0 Å². The summed E-state index contributed by atoms with van der Waals surface area (Å²) < 4.78 is 0. The van der Waals surface area contributed by atoms with Crippen molar-refractivity contribution in [3.8, 4) is 0 Å². The molecule has 1 aliphatic heterocycles. The number of allylic oxidation sites excluding steroid dienone is 1. The fourth-order valence-corrected chi connectivity index (χ4v) is 2.09. The van der Waals surface area contributed by atoms with Crippen molar-refractivity contribution >= 4 is 11.8 Å².